The van der Waals surface area contributed by atoms with Gasteiger partial charge in [-0.25, -0.2) is 12.6 Å². The maximum absolute atomic E-state index is 10.5. The van der Waals surface area contributed by atoms with Gasteiger partial charge in [-0.1, -0.05) is 0 Å². The SMILES string of the molecule is COCOS(=O)(=O)C[SH](=O)=O. The van der Waals surface area contributed by atoms with Gasteiger partial charge in [-0.05, 0) is 0 Å². The number of hydrogen-bond donors (Lipinski definition) is 1. The standard InChI is InChI=1S/C3H8O6S2/c1-8-2-9-11(6,7)3-10(4)5/h10H,2-3H2,1H3. The van der Waals surface area contributed by atoms with Crippen LogP contribution in [0.5, 0.6) is 0 Å². The molecule has 0 aliphatic rings. The monoisotopic (exact) mass is 204 g/mol. The van der Waals surface area contributed by atoms with Gasteiger partial charge >= 0.3 is 0 Å². The van der Waals surface area contributed by atoms with Crippen molar-refractivity contribution in [3.63, 3.8) is 0 Å². The number of methoxy groups -OCH3 is 1. The van der Waals surface area contributed by atoms with E-state index in [0.29, 0.717) is 0 Å². The summed E-state index contributed by atoms with van der Waals surface area (Å²) in [6.07, 6.45) is 0. The molecule has 0 spiro atoms. The predicted octanol–water partition coefficient (Wildman–Crippen LogP) is -1.49. The number of thiol groups is 1. The lowest BCUT2D eigenvalue weighted by Gasteiger charge is -1.98. The number of rotatable bonds is 5. The third-order valence-corrected chi connectivity index (χ3v) is 3.17. The molecule has 11 heavy (non-hydrogen) atoms. The van der Waals surface area contributed by atoms with Crippen molar-refractivity contribution in [2.75, 3.05) is 19.0 Å². The Morgan fingerprint density at radius 1 is 1.36 bits per heavy atom. The molecule has 0 fully saturated rings. The largest absolute Gasteiger partial charge is 0.357 e. The second-order valence-electron chi connectivity index (χ2n) is 1.54. The van der Waals surface area contributed by atoms with Gasteiger partial charge in [0.2, 0.25) is 0 Å². The van der Waals surface area contributed by atoms with Crippen molar-refractivity contribution in [1.29, 1.82) is 0 Å². The van der Waals surface area contributed by atoms with E-state index in [0.717, 1.165) is 0 Å². The Kier molecular flexibility index (Phi) is 4.57. The first-order chi connectivity index (χ1) is 4.98. The summed E-state index contributed by atoms with van der Waals surface area (Å²) in [6.45, 7) is -0.467. The summed E-state index contributed by atoms with van der Waals surface area (Å²) in [6, 6.07) is 0. The van der Waals surface area contributed by atoms with Crippen molar-refractivity contribution in [2.45, 2.75) is 0 Å². The first-order valence-electron chi connectivity index (χ1n) is 2.46. The van der Waals surface area contributed by atoms with Gasteiger partial charge in [0.1, 0.15) is 0 Å². The summed E-state index contributed by atoms with van der Waals surface area (Å²) in [5, 5.41) is -1.01. The lowest BCUT2D eigenvalue weighted by Crippen LogP contribution is -2.12. The third kappa shape index (κ3) is 6.23. The molecule has 68 valence electrons. The van der Waals surface area contributed by atoms with E-state index >= 15 is 0 Å². The molecule has 6 nitrogen and oxygen atoms in total. The zero-order valence-electron chi connectivity index (χ0n) is 5.72. The van der Waals surface area contributed by atoms with Gasteiger partial charge in [-0.15, -0.1) is 0 Å². The lowest BCUT2D eigenvalue weighted by molar-refractivity contribution is 0.0566. The van der Waals surface area contributed by atoms with Crippen LogP contribution in [0.2, 0.25) is 0 Å². The summed E-state index contributed by atoms with van der Waals surface area (Å²) in [4.78, 5) is 0. The normalized spacial score (nSPS) is 12.2. The molecule has 0 aromatic heterocycles. The molecular weight excluding hydrogens is 196 g/mol. The van der Waals surface area contributed by atoms with Crippen LogP contribution in [0, 0.1) is 0 Å². The molecule has 0 aromatic carbocycles. The molecule has 0 saturated carbocycles. The van der Waals surface area contributed by atoms with Gasteiger partial charge in [0.25, 0.3) is 10.1 Å². The topological polar surface area (TPSA) is 86.7 Å². The highest BCUT2D eigenvalue weighted by Gasteiger charge is 2.11. The first-order valence-corrected chi connectivity index (χ1v) is 5.40. The molecule has 0 N–H and O–H groups in total. The van der Waals surface area contributed by atoms with Crippen LogP contribution in [-0.2, 0) is 29.7 Å². The maximum atomic E-state index is 10.5. The van der Waals surface area contributed by atoms with Gasteiger partial charge < -0.3 is 4.74 Å². The smallest absolute Gasteiger partial charge is 0.283 e. The minimum Gasteiger partial charge on any atom is -0.357 e. The Bertz CT molecular complexity index is 254. The first kappa shape index (κ1) is 10.8. The molecule has 0 aliphatic carbocycles. The van der Waals surface area contributed by atoms with Crippen LogP contribution in [0.4, 0.5) is 0 Å². The Hall–Kier alpha value is -0.180. The summed E-state index contributed by atoms with van der Waals surface area (Å²) in [5.41, 5.74) is 0. The Balaban J connectivity index is 4.02. The maximum Gasteiger partial charge on any atom is 0.283 e. The van der Waals surface area contributed by atoms with Gasteiger partial charge in [0, 0.05) is 7.11 Å². The fraction of sp³-hybridized carbons (Fsp3) is 1.00. The molecule has 0 radical (unpaired) electrons. The van der Waals surface area contributed by atoms with Crippen LogP contribution < -0.4 is 0 Å². The van der Waals surface area contributed by atoms with E-state index in [2.05, 4.69) is 8.92 Å². The van der Waals surface area contributed by atoms with E-state index < -0.39 is 32.7 Å². The van der Waals surface area contributed by atoms with E-state index in [1.54, 1.807) is 0 Å². The van der Waals surface area contributed by atoms with Gasteiger partial charge in [-0.2, -0.15) is 8.42 Å². The lowest BCUT2D eigenvalue weighted by atomic mass is 11.4. The van der Waals surface area contributed by atoms with Crippen molar-refractivity contribution in [1.82, 2.24) is 0 Å². The van der Waals surface area contributed by atoms with Gasteiger partial charge in [0.15, 0.2) is 22.6 Å². The van der Waals surface area contributed by atoms with Crippen molar-refractivity contribution in [3.8, 4) is 0 Å². The van der Waals surface area contributed by atoms with E-state index in [9.17, 15) is 16.8 Å². The summed E-state index contributed by atoms with van der Waals surface area (Å²) in [5.74, 6) is 0. The molecule has 0 amide bonds. The summed E-state index contributed by atoms with van der Waals surface area (Å²) < 4.78 is 49.2. The van der Waals surface area contributed by atoms with E-state index in [1.165, 1.54) is 7.11 Å². The molecule has 8 heteroatoms. The van der Waals surface area contributed by atoms with Gasteiger partial charge in [0.05, 0.1) is 0 Å². The fourth-order valence-electron chi connectivity index (χ4n) is 0.288. The molecular formula is C3H8O6S2. The number of ether oxygens (including phenoxy) is 1. The summed E-state index contributed by atoms with van der Waals surface area (Å²) >= 11 is 0. The van der Waals surface area contributed by atoms with Crippen LogP contribution in [0.1, 0.15) is 0 Å². The average Bonchev–Trinajstić information content (AvgIpc) is 1.81. The highest BCUT2D eigenvalue weighted by atomic mass is 32.3. The molecule has 0 rings (SSSR count). The Labute approximate surface area is 66.2 Å². The molecule has 0 aliphatic heterocycles. The van der Waals surface area contributed by atoms with Crippen molar-refractivity contribution in [3.05, 3.63) is 0 Å². The molecule has 0 aromatic rings. The predicted molar refractivity (Wildman–Crippen MR) is 37.1 cm³/mol. The van der Waals surface area contributed by atoms with Crippen LogP contribution in [-0.4, -0.2) is 35.8 Å². The summed E-state index contributed by atoms with van der Waals surface area (Å²) in [7, 11) is -5.71. The molecule has 0 heterocycles. The molecule has 0 unspecified atom stereocenters. The minimum atomic E-state index is -3.96. The Morgan fingerprint density at radius 2 is 1.91 bits per heavy atom. The molecule has 0 atom stereocenters. The minimum absolute atomic E-state index is 0.467. The van der Waals surface area contributed by atoms with E-state index in [1.807, 2.05) is 0 Å². The number of hydrogen-bond acceptors (Lipinski definition) is 6. The highest BCUT2D eigenvalue weighted by molar-refractivity contribution is 7.98. The third-order valence-electron chi connectivity index (χ3n) is 0.609. The van der Waals surface area contributed by atoms with Crippen molar-refractivity contribution in [2.24, 2.45) is 0 Å². The Morgan fingerprint density at radius 3 is 2.27 bits per heavy atom. The van der Waals surface area contributed by atoms with Crippen LogP contribution in [0.15, 0.2) is 0 Å². The van der Waals surface area contributed by atoms with Crippen LogP contribution in [0.25, 0.3) is 0 Å². The zero-order chi connectivity index (χ0) is 8.91. The van der Waals surface area contributed by atoms with E-state index in [4.69, 9.17) is 0 Å². The second kappa shape index (κ2) is 4.65. The van der Waals surface area contributed by atoms with Crippen molar-refractivity contribution < 1.29 is 25.8 Å². The highest BCUT2D eigenvalue weighted by Crippen LogP contribution is 1.92. The zero-order valence-corrected chi connectivity index (χ0v) is 7.43. The molecule has 0 saturated heterocycles. The van der Waals surface area contributed by atoms with Crippen LogP contribution in [0.3, 0.4) is 0 Å². The fourth-order valence-corrected chi connectivity index (χ4v) is 1.86. The van der Waals surface area contributed by atoms with E-state index in [-0.39, 0.29) is 0 Å². The average molecular weight is 204 g/mol. The van der Waals surface area contributed by atoms with Crippen molar-refractivity contribution >= 4 is 20.8 Å². The second-order valence-corrected chi connectivity index (χ2v) is 4.59. The molecule has 0 bridgehead atoms. The van der Waals surface area contributed by atoms with Gasteiger partial charge in [-0.3, -0.25) is 0 Å². The quantitative estimate of drug-likeness (QED) is 0.333. The van der Waals surface area contributed by atoms with Crippen LogP contribution >= 0.6 is 0 Å².